The Balaban J connectivity index is 1.62. The van der Waals surface area contributed by atoms with E-state index in [0.717, 1.165) is 29.7 Å². The summed E-state index contributed by atoms with van der Waals surface area (Å²) in [6, 6.07) is 2.77. The van der Waals surface area contributed by atoms with E-state index in [1.807, 2.05) is 6.07 Å². The van der Waals surface area contributed by atoms with Gasteiger partial charge in [0, 0.05) is 42.9 Å². The molecule has 1 saturated carbocycles. The molecule has 4 rings (SSSR count). The molecule has 0 unspecified atom stereocenters. The fraction of sp³-hybridized carbons (Fsp3) is 0.476. The first-order chi connectivity index (χ1) is 14.0. The van der Waals surface area contributed by atoms with Crippen LogP contribution in [0.2, 0.25) is 0 Å². The first-order valence-electron chi connectivity index (χ1n) is 9.87. The van der Waals surface area contributed by atoms with Crippen LogP contribution in [0.3, 0.4) is 0 Å². The van der Waals surface area contributed by atoms with Crippen LogP contribution in [-0.4, -0.2) is 46.4 Å². The Kier molecular flexibility index (Phi) is 5.44. The average molecular weight is 402 g/mol. The number of aliphatic imine (C=N–C) groups is 1. The van der Waals surface area contributed by atoms with Crippen molar-refractivity contribution in [3.63, 3.8) is 0 Å². The van der Waals surface area contributed by atoms with E-state index < -0.39 is 24.4 Å². The highest BCUT2D eigenvalue weighted by Crippen LogP contribution is 2.39. The molecule has 1 aromatic heterocycles. The Morgan fingerprint density at radius 3 is 2.90 bits per heavy atom. The Morgan fingerprint density at radius 2 is 2.17 bits per heavy atom. The van der Waals surface area contributed by atoms with Crippen molar-refractivity contribution in [2.45, 2.75) is 57.2 Å². The highest BCUT2D eigenvalue weighted by Gasteiger charge is 2.45. The Morgan fingerprint density at radius 1 is 1.38 bits per heavy atom. The van der Waals surface area contributed by atoms with Crippen LogP contribution >= 0.6 is 0 Å². The van der Waals surface area contributed by atoms with E-state index in [1.54, 1.807) is 17.7 Å². The van der Waals surface area contributed by atoms with Gasteiger partial charge in [-0.1, -0.05) is 0 Å². The summed E-state index contributed by atoms with van der Waals surface area (Å²) in [4.78, 5) is 4.03. The smallest absolute Gasteiger partial charge is 0.136 e. The summed E-state index contributed by atoms with van der Waals surface area (Å²) in [5.41, 5.74) is 9.07. The van der Waals surface area contributed by atoms with Crippen molar-refractivity contribution in [3.8, 4) is 5.75 Å². The summed E-state index contributed by atoms with van der Waals surface area (Å²) >= 11 is 0. The molecule has 29 heavy (non-hydrogen) atoms. The van der Waals surface area contributed by atoms with E-state index in [0.29, 0.717) is 36.6 Å². The highest BCUT2D eigenvalue weighted by molar-refractivity contribution is 5.49. The third-order valence-corrected chi connectivity index (χ3v) is 6.16. The summed E-state index contributed by atoms with van der Waals surface area (Å²) < 4.78 is 22.3. The van der Waals surface area contributed by atoms with Gasteiger partial charge in [-0.2, -0.15) is 0 Å². The zero-order valence-corrected chi connectivity index (χ0v) is 16.4. The molecule has 2 aromatic rings. The number of rotatable bonds is 5. The summed E-state index contributed by atoms with van der Waals surface area (Å²) in [5, 5.41) is 24.6. The van der Waals surface area contributed by atoms with Gasteiger partial charge in [0.05, 0.1) is 6.04 Å². The minimum Gasteiger partial charge on any atom is -0.487 e. The van der Waals surface area contributed by atoms with Crippen molar-refractivity contribution >= 4 is 12.5 Å². The molecule has 0 saturated heterocycles. The number of aliphatic hydroxyl groups excluding tert-OH is 2. The van der Waals surface area contributed by atoms with Crippen molar-refractivity contribution < 1.29 is 19.3 Å². The van der Waals surface area contributed by atoms with E-state index in [-0.39, 0.29) is 5.82 Å². The summed E-state index contributed by atoms with van der Waals surface area (Å²) in [5.74, 6) is 0.679. The molecule has 0 bridgehead atoms. The fourth-order valence-corrected chi connectivity index (χ4v) is 4.51. The van der Waals surface area contributed by atoms with Gasteiger partial charge in [-0.25, -0.2) is 9.38 Å². The van der Waals surface area contributed by atoms with Gasteiger partial charge in [0.1, 0.15) is 35.7 Å². The molecule has 5 N–H and O–H groups in total. The van der Waals surface area contributed by atoms with Crippen LogP contribution in [-0.2, 0) is 19.5 Å². The Labute approximate surface area is 169 Å². The third kappa shape index (κ3) is 3.36. The van der Waals surface area contributed by atoms with Gasteiger partial charge >= 0.3 is 0 Å². The number of nitrogens with zero attached hydrogens (tertiary/aromatic N) is 2. The monoisotopic (exact) mass is 402 g/mol. The minimum atomic E-state index is -1.11. The predicted octanol–water partition coefficient (Wildman–Crippen LogP) is 1.49. The molecule has 0 spiro atoms. The molecule has 4 atom stereocenters. The fourth-order valence-electron chi connectivity index (χ4n) is 4.51. The molecule has 1 aromatic carbocycles. The first kappa shape index (κ1) is 20.0. The number of nitrogens with one attached hydrogen (secondary N) is 1. The number of hydrogen-bond acceptors (Lipinski definition) is 6. The minimum absolute atomic E-state index is 0.300. The maximum absolute atomic E-state index is 14.4. The predicted molar refractivity (Wildman–Crippen MR) is 108 cm³/mol. The summed E-state index contributed by atoms with van der Waals surface area (Å²) in [6.45, 7) is 7.04. The highest BCUT2D eigenvalue weighted by atomic mass is 19.1. The van der Waals surface area contributed by atoms with Gasteiger partial charge in [-0.3, -0.25) is 0 Å². The van der Waals surface area contributed by atoms with Crippen LogP contribution < -0.4 is 15.8 Å². The van der Waals surface area contributed by atoms with Gasteiger partial charge in [0.2, 0.25) is 0 Å². The van der Waals surface area contributed by atoms with Crippen LogP contribution in [0.4, 0.5) is 10.2 Å². The lowest BCUT2D eigenvalue weighted by Crippen LogP contribution is -2.35. The molecule has 1 aliphatic carbocycles. The maximum atomic E-state index is 14.4. The first-order valence-corrected chi connectivity index (χ1v) is 9.87. The van der Waals surface area contributed by atoms with Crippen molar-refractivity contribution in [1.29, 1.82) is 0 Å². The van der Waals surface area contributed by atoms with Crippen LogP contribution in [0.5, 0.6) is 5.75 Å². The van der Waals surface area contributed by atoms with Gasteiger partial charge in [-0.15, -0.1) is 0 Å². The van der Waals surface area contributed by atoms with Crippen molar-refractivity contribution in [2.75, 3.05) is 6.54 Å². The number of benzene rings is 1. The number of ether oxygens (including phenoxy) is 1. The topological polar surface area (TPSA) is 105 Å². The molecule has 0 amide bonds. The molecule has 2 heterocycles. The normalized spacial score (nSPS) is 26.4. The van der Waals surface area contributed by atoms with E-state index in [1.165, 1.54) is 6.07 Å². The van der Waals surface area contributed by atoms with Crippen LogP contribution in [0, 0.1) is 12.7 Å². The van der Waals surface area contributed by atoms with Crippen LogP contribution in [0.15, 0.2) is 23.3 Å². The largest absolute Gasteiger partial charge is 0.487 e. The van der Waals surface area contributed by atoms with Crippen molar-refractivity contribution in [3.05, 3.63) is 46.4 Å². The van der Waals surface area contributed by atoms with Gasteiger partial charge < -0.3 is 30.6 Å². The van der Waals surface area contributed by atoms with E-state index in [2.05, 4.69) is 17.0 Å². The lowest BCUT2D eigenvalue weighted by Gasteiger charge is -2.26. The van der Waals surface area contributed by atoms with E-state index in [4.69, 9.17) is 10.5 Å². The second-order valence-electron chi connectivity index (χ2n) is 7.74. The number of aromatic nitrogens is 1. The summed E-state index contributed by atoms with van der Waals surface area (Å²) in [7, 11) is 0. The number of halogens is 1. The Hall–Kier alpha value is -2.26. The molecule has 1 fully saturated rings. The van der Waals surface area contributed by atoms with E-state index in [9.17, 15) is 14.6 Å². The third-order valence-electron chi connectivity index (χ3n) is 6.16. The second-order valence-corrected chi connectivity index (χ2v) is 7.74. The number of aliphatic hydroxyl groups is 2. The average Bonchev–Trinajstić information content (AvgIpc) is 3.27. The maximum Gasteiger partial charge on any atom is 0.136 e. The molecule has 0 radical (unpaired) electrons. The second kappa shape index (κ2) is 7.87. The zero-order valence-electron chi connectivity index (χ0n) is 16.4. The molecular formula is C21H27FN4O3. The quantitative estimate of drug-likeness (QED) is 0.567. The van der Waals surface area contributed by atoms with Gasteiger partial charge in [-0.05, 0) is 43.8 Å². The molecule has 7 nitrogen and oxygen atoms in total. The molecule has 1 aliphatic heterocycles. The van der Waals surface area contributed by atoms with E-state index >= 15 is 0 Å². The lowest BCUT2D eigenvalue weighted by atomic mass is 9.95. The SMILES string of the molecule is C=Nc1c(CN)ccn1[C@@H]1C[C@H](Oc2cc(F)c(C)c3c2CNCC3)[C@@H](O)[C@H]1O. The molecule has 8 heteroatoms. The summed E-state index contributed by atoms with van der Waals surface area (Å²) in [6.07, 6.45) is 0.0199. The van der Waals surface area contributed by atoms with Crippen molar-refractivity contribution in [2.24, 2.45) is 10.7 Å². The lowest BCUT2D eigenvalue weighted by molar-refractivity contribution is -0.0168. The Bertz CT molecular complexity index is 929. The van der Waals surface area contributed by atoms with Gasteiger partial charge in [0.25, 0.3) is 0 Å². The number of fused-ring (bicyclic) bond motifs is 1. The molecule has 2 aliphatic rings. The number of nitrogens with two attached hydrogens (primary N) is 1. The standard InChI is InChI=1S/C21H27FN4O3/c1-11-13-3-5-25-10-14(13)17(7-15(11)22)29-18-8-16(19(27)20(18)28)26-6-4-12(9-23)21(26)24-2/h4,6-7,16,18-20,25,27-28H,2-3,5,8-10,23H2,1H3/t16-,18+,19+,20-/m1/s1. The van der Waals surface area contributed by atoms with Gasteiger partial charge in [0.15, 0.2) is 0 Å². The molecule has 156 valence electrons. The number of hydrogen-bond donors (Lipinski definition) is 4. The van der Waals surface area contributed by atoms with Crippen LogP contribution in [0.25, 0.3) is 0 Å². The molecular weight excluding hydrogens is 375 g/mol. The van der Waals surface area contributed by atoms with Crippen LogP contribution in [0.1, 0.15) is 34.7 Å². The zero-order chi connectivity index (χ0) is 20.7. The van der Waals surface area contributed by atoms with Crippen molar-refractivity contribution in [1.82, 2.24) is 9.88 Å².